The Morgan fingerprint density at radius 1 is 1.50 bits per heavy atom. The zero-order valence-electron chi connectivity index (χ0n) is 13.5. The number of nitrogens with zero attached hydrogens (tertiary/aromatic N) is 2. The summed E-state index contributed by atoms with van der Waals surface area (Å²) in [6, 6.07) is 3.98. The van der Waals surface area contributed by atoms with Gasteiger partial charge in [0.2, 0.25) is 0 Å². The standard InChI is InChI=1S/C16H23N3O2S/c1-5-6-12-9-13(18-21-12)16(20)17-10-14(19(3)4)15-11(2)7-8-22-15/h7-9,14H,5-6,10H2,1-4H3,(H,17,20)/t14-/m0/s1. The first kappa shape index (κ1) is 16.7. The topological polar surface area (TPSA) is 58.4 Å². The third kappa shape index (κ3) is 3.96. The van der Waals surface area contributed by atoms with Crippen LogP contribution in [-0.4, -0.2) is 36.6 Å². The summed E-state index contributed by atoms with van der Waals surface area (Å²) in [6.07, 6.45) is 1.77. The van der Waals surface area contributed by atoms with Crippen molar-refractivity contribution in [1.29, 1.82) is 0 Å². The van der Waals surface area contributed by atoms with E-state index >= 15 is 0 Å². The number of carbonyl (C=O) groups is 1. The molecule has 2 rings (SSSR count). The average molecular weight is 321 g/mol. The SMILES string of the molecule is CCCc1cc(C(=O)NC[C@@H](c2sccc2C)N(C)C)no1. The molecule has 0 aliphatic carbocycles. The number of aromatic nitrogens is 1. The van der Waals surface area contributed by atoms with Crippen LogP contribution in [0.2, 0.25) is 0 Å². The third-order valence-electron chi connectivity index (χ3n) is 3.57. The predicted molar refractivity (Wildman–Crippen MR) is 88.3 cm³/mol. The molecule has 120 valence electrons. The molecule has 2 heterocycles. The van der Waals surface area contributed by atoms with Gasteiger partial charge in [-0.2, -0.15) is 0 Å². The zero-order chi connectivity index (χ0) is 16.1. The van der Waals surface area contributed by atoms with Crippen LogP contribution in [-0.2, 0) is 6.42 Å². The van der Waals surface area contributed by atoms with Crippen LogP contribution >= 0.6 is 11.3 Å². The van der Waals surface area contributed by atoms with Crippen molar-refractivity contribution in [3.05, 3.63) is 39.4 Å². The first-order chi connectivity index (χ1) is 10.5. The summed E-state index contributed by atoms with van der Waals surface area (Å²) < 4.78 is 5.15. The fraction of sp³-hybridized carbons (Fsp3) is 0.500. The number of rotatable bonds is 7. The number of likely N-dealkylation sites (N-methyl/N-ethyl adjacent to an activating group) is 1. The molecule has 0 bridgehead atoms. The van der Waals surface area contributed by atoms with E-state index in [1.807, 2.05) is 14.1 Å². The van der Waals surface area contributed by atoms with Gasteiger partial charge in [0, 0.05) is 23.9 Å². The van der Waals surface area contributed by atoms with E-state index in [4.69, 9.17) is 4.52 Å². The van der Waals surface area contributed by atoms with Crippen LogP contribution < -0.4 is 5.32 Å². The summed E-state index contributed by atoms with van der Waals surface area (Å²) in [5.74, 6) is 0.568. The average Bonchev–Trinajstić information content (AvgIpc) is 3.09. The van der Waals surface area contributed by atoms with E-state index < -0.39 is 0 Å². The van der Waals surface area contributed by atoms with Gasteiger partial charge >= 0.3 is 0 Å². The highest BCUT2D eigenvalue weighted by atomic mass is 32.1. The first-order valence-electron chi connectivity index (χ1n) is 7.47. The Labute approximate surface area is 135 Å². The number of thiophene rings is 1. The van der Waals surface area contributed by atoms with Gasteiger partial charge in [-0.1, -0.05) is 12.1 Å². The molecule has 0 aromatic carbocycles. The van der Waals surface area contributed by atoms with E-state index in [0.717, 1.165) is 18.6 Å². The molecule has 0 aliphatic heterocycles. The van der Waals surface area contributed by atoms with E-state index in [9.17, 15) is 4.79 Å². The lowest BCUT2D eigenvalue weighted by Crippen LogP contribution is -2.34. The number of nitrogens with one attached hydrogen (secondary N) is 1. The monoisotopic (exact) mass is 321 g/mol. The quantitative estimate of drug-likeness (QED) is 0.851. The molecule has 0 saturated carbocycles. The summed E-state index contributed by atoms with van der Waals surface area (Å²) in [5.41, 5.74) is 1.61. The van der Waals surface area contributed by atoms with Crippen LogP contribution in [0.25, 0.3) is 0 Å². The van der Waals surface area contributed by atoms with Crippen molar-refractivity contribution in [1.82, 2.24) is 15.4 Å². The van der Waals surface area contributed by atoms with Gasteiger partial charge in [0.15, 0.2) is 5.69 Å². The van der Waals surface area contributed by atoms with Crippen LogP contribution in [0.3, 0.4) is 0 Å². The van der Waals surface area contributed by atoms with E-state index in [1.165, 1.54) is 10.4 Å². The summed E-state index contributed by atoms with van der Waals surface area (Å²) >= 11 is 1.72. The molecule has 0 aliphatic rings. The molecule has 5 nitrogen and oxygen atoms in total. The maximum atomic E-state index is 12.2. The fourth-order valence-corrected chi connectivity index (χ4v) is 3.42. The Hall–Kier alpha value is -1.66. The highest BCUT2D eigenvalue weighted by molar-refractivity contribution is 7.10. The van der Waals surface area contributed by atoms with Crippen LogP contribution in [0.1, 0.15) is 46.1 Å². The largest absolute Gasteiger partial charge is 0.361 e. The zero-order valence-corrected chi connectivity index (χ0v) is 14.4. The van der Waals surface area contributed by atoms with Crippen LogP contribution in [0, 0.1) is 6.92 Å². The number of aryl methyl sites for hydroxylation is 2. The Bertz CT molecular complexity index is 618. The highest BCUT2D eigenvalue weighted by Gasteiger charge is 2.20. The lowest BCUT2D eigenvalue weighted by Gasteiger charge is -2.24. The number of hydrogen-bond donors (Lipinski definition) is 1. The van der Waals surface area contributed by atoms with Gasteiger partial charge < -0.3 is 14.7 Å². The second-order valence-corrected chi connectivity index (χ2v) is 6.53. The maximum Gasteiger partial charge on any atom is 0.273 e. The van der Waals surface area contributed by atoms with Crippen LogP contribution in [0.4, 0.5) is 0 Å². The van der Waals surface area contributed by atoms with Gasteiger partial charge in [0.05, 0.1) is 6.04 Å². The Balaban J connectivity index is 2.00. The lowest BCUT2D eigenvalue weighted by molar-refractivity contribution is 0.0933. The molecule has 0 radical (unpaired) electrons. The minimum Gasteiger partial charge on any atom is -0.361 e. The number of carbonyl (C=O) groups excluding carboxylic acids is 1. The van der Waals surface area contributed by atoms with Gasteiger partial charge in [0.25, 0.3) is 5.91 Å². The molecular formula is C16H23N3O2S. The fourth-order valence-electron chi connectivity index (χ4n) is 2.30. The Kier molecular flexibility index (Phi) is 5.74. The lowest BCUT2D eigenvalue weighted by atomic mass is 10.1. The molecule has 2 aromatic heterocycles. The molecular weight excluding hydrogens is 298 g/mol. The molecule has 0 spiro atoms. The normalized spacial score (nSPS) is 12.6. The van der Waals surface area contributed by atoms with E-state index in [0.29, 0.717) is 12.2 Å². The molecule has 0 fully saturated rings. The van der Waals surface area contributed by atoms with Crippen molar-refractivity contribution < 1.29 is 9.32 Å². The van der Waals surface area contributed by atoms with Crippen molar-refractivity contribution in [2.24, 2.45) is 0 Å². The Morgan fingerprint density at radius 2 is 2.27 bits per heavy atom. The van der Waals surface area contributed by atoms with Crippen molar-refractivity contribution in [2.45, 2.75) is 32.7 Å². The summed E-state index contributed by atoms with van der Waals surface area (Å²) in [5, 5.41) is 8.88. The van der Waals surface area contributed by atoms with Crippen LogP contribution in [0.5, 0.6) is 0 Å². The highest BCUT2D eigenvalue weighted by Crippen LogP contribution is 2.26. The molecule has 1 N–H and O–H groups in total. The van der Waals surface area contributed by atoms with Gasteiger partial charge in [-0.05, 0) is 44.4 Å². The van der Waals surface area contributed by atoms with Gasteiger partial charge in [-0.15, -0.1) is 11.3 Å². The van der Waals surface area contributed by atoms with Gasteiger partial charge in [-0.25, -0.2) is 0 Å². The Morgan fingerprint density at radius 3 is 2.86 bits per heavy atom. The smallest absolute Gasteiger partial charge is 0.273 e. The molecule has 6 heteroatoms. The van der Waals surface area contributed by atoms with Gasteiger partial charge in [0.1, 0.15) is 5.76 Å². The minimum absolute atomic E-state index is 0.158. The maximum absolute atomic E-state index is 12.2. The molecule has 22 heavy (non-hydrogen) atoms. The number of hydrogen-bond acceptors (Lipinski definition) is 5. The van der Waals surface area contributed by atoms with Crippen molar-refractivity contribution in [2.75, 3.05) is 20.6 Å². The van der Waals surface area contributed by atoms with Crippen molar-refractivity contribution >= 4 is 17.2 Å². The molecule has 0 unspecified atom stereocenters. The van der Waals surface area contributed by atoms with E-state index in [2.05, 4.69) is 40.7 Å². The second kappa shape index (κ2) is 7.56. The van der Waals surface area contributed by atoms with E-state index in [-0.39, 0.29) is 11.9 Å². The number of amides is 1. The summed E-state index contributed by atoms with van der Waals surface area (Å²) in [4.78, 5) is 15.6. The van der Waals surface area contributed by atoms with Gasteiger partial charge in [-0.3, -0.25) is 4.79 Å². The first-order valence-corrected chi connectivity index (χ1v) is 8.35. The van der Waals surface area contributed by atoms with Crippen molar-refractivity contribution in [3.63, 3.8) is 0 Å². The molecule has 1 amide bonds. The second-order valence-electron chi connectivity index (χ2n) is 5.59. The minimum atomic E-state index is -0.188. The van der Waals surface area contributed by atoms with E-state index in [1.54, 1.807) is 17.4 Å². The third-order valence-corrected chi connectivity index (χ3v) is 4.69. The van der Waals surface area contributed by atoms with Crippen LogP contribution in [0.15, 0.2) is 22.0 Å². The summed E-state index contributed by atoms with van der Waals surface area (Å²) in [6.45, 7) is 4.70. The van der Waals surface area contributed by atoms with Crippen molar-refractivity contribution in [3.8, 4) is 0 Å². The molecule has 2 aromatic rings. The molecule has 0 saturated heterocycles. The molecule has 1 atom stereocenters. The summed E-state index contributed by atoms with van der Waals surface area (Å²) in [7, 11) is 4.04. The predicted octanol–water partition coefficient (Wildman–Crippen LogP) is 3.03.